The minimum absolute atomic E-state index is 0.186. The third-order valence-corrected chi connectivity index (χ3v) is 1.60. The molecule has 0 atom stereocenters. The van der Waals surface area contributed by atoms with E-state index in [0.717, 1.165) is 18.2 Å². The SMILES string of the molecule is CCCCN(CC(F)(F)F)C(C)=O. The van der Waals surface area contributed by atoms with E-state index in [0.29, 0.717) is 6.42 Å². The maximum absolute atomic E-state index is 11.9. The summed E-state index contributed by atoms with van der Waals surface area (Å²) >= 11 is 0. The molecule has 0 N–H and O–H groups in total. The minimum Gasteiger partial charge on any atom is -0.334 e. The lowest BCUT2D eigenvalue weighted by atomic mass is 10.3. The van der Waals surface area contributed by atoms with Crippen molar-refractivity contribution in [2.45, 2.75) is 32.9 Å². The molecule has 0 radical (unpaired) electrons. The number of hydrogen-bond acceptors (Lipinski definition) is 1. The third-order valence-electron chi connectivity index (χ3n) is 1.60. The molecule has 0 aliphatic rings. The summed E-state index contributed by atoms with van der Waals surface area (Å²) in [5.41, 5.74) is 0. The van der Waals surface area contributed by atoms with Gasteiger partial charge in [-0.2, -0.15) is 13.2 Å². The highest BCUT2D eigenvalue weighted by atomic mass is 19.4. The summed E-state index contributed by atoms with van der Waals surface area (Å²) in [6.45, 7) is 2.07. The van der Waals surface area contributed by atoms with E-state index in [1.165, 1.54) is 0 Å². The predicted octanol–water partition coefficient (Wildman–Crippen LogP) is 2.20. The number of hydrogen-bond donors (Lipinski definition) is 0. The van der Waals surface area contributed by atoms with Crippen molar-refractivity contribution in [3.63, 3.8) is 0 Å². The van der Waals surface area contributed by atoms with Crippen molar-refractivity contribution < 1.29 is 18.0 Å². The van der Waals surface area contributed by atoms with Crippen LogP contribution in [0.3, 0.4) is 0 Å². The Morgan fingerprint density at radius 1 is 1.38 bits per heavy atom. The van der Waals surface area contributed by atoms with Crippen LogP contribution in [0.15, 0.2) is 0 Å². The number of carbonyl (C=O) groups is 1. The van der Waals surface area contributed by atoms with Gasteiger partial charge in [-0.05, 0) is 6.42 Å². The summed E-state index contributed by atoms with van der Waals surface area (Å²) in [5.74, 6) is -0.522. The monoisotopic (exact) mass is 197 g/mol. The van der Waals surface area contributed by atoms with Crippen LogP contribution >= 0.6 is 0 Å². The number of rotatable bonds is 4. The summed E-state index contributed by atoms with van der Waals surface area (Å²) in [6.07, 6.45) is -2.91. The summed E-state index contributed by atoms with van der Waals surface area (Å²) in [5, 5.41) is 0. The Labute approximate surface area is 75.7 Å². The third kappa shape index (κ3) is 6.42. The Bertz CT molecular complexity index is 167. The highest BCUT2D eigenvalue weighted by Crippen LogP contribution is 2.16. The average molecular weight is 197 g/mol. The average Bonchev–Trinajstić information content (AvgIpc) is 1.95. The first-order chi connectivity index (χ1) is 5.87. The van der Waals surface area contributed by atoms with Crippen LogP contribution in [0.25, 0.3) is 0 Å². The second-order valence-electron chi connectivity index (χ2n) is 2.91. The molecule has 0 aromatic carbocycles. The summed E-state index contributed by atoms with van der Waals surface area (Å²) < 4.78 is 35.7. The molecule has 0 saturated carbocycles. The van der Waals surface area contributed by atoms with E-state index in [9.17, 15) is 18.0 Å². The first-order valence-corrected chi connectivity index (χ1v) is 4.19. The molecule has 78 valence electrons. The molecule has 0 aromatic heterocycles. The minimum atomic E-state index is -4.29. The van der Waals surface area contributed by atoms with Crippen molar-refractivity contribution in [3.8, 4) is 0 Å². The Morgan fingerprint density at radius 2 is 1.92 bits per heavy atom. The van der Waals surface area contributed by atoms with E-state index >= 15 is 0 Å². The smallest absolute Gasteiger partial charge is 0.334 e. The van der Waals surface area contributed by atoms with Crippen LogP contribution in [0, 0.1) is 0 Å². The van der Waals surface area contributed by atoms with E-state index in [-0.39, 0.29) is 6.54 Å². The van der Waals surface area contributed by atoms with Gasteiger partial charge < -0.3 is 4.90 Å². The summed E-state index contributed by atoms with van der Waals surface area (Å²) in [7, 11) is 0. The Morgan fingerprint density at radius 3 is 2.23 bits per heavy atom. The lowest BCUT2D eigenvalue weighted by Gasteiger charge is -2.21. The van der Waals surface area contributed by atoms with E-state index < -0.39 is 18.6 Å². The number of carbonyl (C=O) groups excluding carboxylic acids is 1. The predicted molar refractivity (Wildman–Crippen MR) is 43.2 cm³/mol. The van der Waals surface area contributed by atoms with E-state index in [4.69, 9.17) is 0 Å². The molecule has 5 heteroatoms. The van der Waals surface area contributed by atoms with Gasteiger partial charge in [-0.3, -0.25) is 4.79 Å². The van der Waals surface area contributed by atoms with Crippen LogP contribution in [-0.2, 0) is 4.79 Å². The second kappa shape index (κ2) is 5.09. The molecule has 0 bridgehead atoms. The van der Waals surface area contributed by atoms with Gasteiger partial charge >= 0.3 is 6.18 Å². The molecule has 0 saturated heterocycles. The van der Waals surface area contributed by atoms with Crippen molar-refractivity contribution in [2.75, 3.05) is 13.1 Å². The first-order valence-electron chi connectivity index (χ1n) is 4.19. The fourth-order valence-electron chi connectivity index (χ4n) is 0.913. The van der Waals surface area contributed by atoms with Crippen LogP contribution in [0.2, 0.25) is 0 Å². The largest absolute Gasteiger partial charge is 0.406 e. The Kier molecular flexibility index (Phi) is 4.80. The normalized spacial score (nSPS) is 11.5. The van der Waals surface area contributed by atoms with Gasteiger partial charge in [0.15, 0.2) is 0 Å². The zero-order valence-electron chi connectivity index (χ0n) is 7.82. The molecular formula is C8H14F3NO. The molecule has 0 unspecified atom stereocenters. The first kappa shape index (κ1) is 12.3. The Hall–Kier alpha value is -0.740. The number of unbranched alkanes of at least 4 members (excludes halogenated alkanes) is 1. The topological polar surface area (TPSA) is 20.3 Å². The molecule has 0 heterocycles. The van der Waals surface area contributed by atoms with Crippen LogP contribution in [0.1, 0.15) is 26.7 Å². The molecule has 0 aliphatic carbocycles. The maximum Gasteiger partial charge on any atom is 0.406 e. The molecule has 13 heavy (non-hydrogen) atoms. The molecular weight excluding hydrogens is 183 g/mol. The van der Waals surface area contributed by atoms with Crippen molar-refractivity contribution in [3.05, 3.63) is 0 Å². The Balaban J connectivity index is 4.03. The zero-order valence-corrected chi connectivity index (χ0v) is 7.82. The van der Waals surface area contributed by atoms with Gasteiger partial charge in [-0.15, -0.1) is 0 Å². The van der Waals surface area contributed by atoms with Crippen molar-refractivity contribution >= 4 is 5.91 Å². The van der Waals surface area contributed by atoms with E-state index in [1.54, 1.807) is 0 Å². The number of halogens is 3. The highest BCUT2D eigenvalue weighted by molar-refractivity contribution is 5.73. The standard InChI is InChI=1S/C8H14F3NO/c1-3-4-5-12(7(2)13)6-8(9,10)11/h3-6H2,1-2H3. The van der Waals surface area contributed by atoms with Gasteiger partial charge in [0.1, 0.15) is 6.54 Å². The van der Waals surface area contributed by atoms with Crippen LogP contribution in [-0.4, -0.2) is 30.1 Å². The molecule has 0 aliphatic heterocycles. The van der Waals surface area contributed by atoms with Crippen LogP contribution < -0.4 is 0 Å². The van der Waals surface area contributed by atoms with Crippen molar-refractivity contribution in [1.29, 1.82) is 0 Å². The number of amides is 1. The molecule has 1 amide bonds. The van der Waals surface area contributed by atoms with Gasteiger partial charge in [-0.25, -0.2) is 0 Å². The molecule has 0 spiro atoms. The molecule has 0 fully saturated rings. The van der Waals surface area contributed by atoms with Gasteiger partial charge in [0.2, 0.25) is 5.91 Å². The second-order valence-corrected chi connectivity index (χ2v) is 2.91. The highest BCUT2D eigenvalue weighted by Gasteiger charge is 2.31. The van der Waals surface area contributed by atoms with Gasteiger partial charge in [0.05, 0.1) is 0 Å². The maximum atomic E-state index is 11.9. The zero-order chi connectivity index (χ0) is 10.5. The lowest BCUT2D eigenvalue weighted by Crippen LogP contribution is -2.38. The fourth-order valence-corrected chi connectivity index (χ4v) is 0.913. The number of alkyl halides is 3. The fraction of sp³-hybridized carbons (Fsp3) is 0.875. The quantitative estimate of drug-likeness (QED) is 0.676. The van der Waals surface area contributed by atoms with Gasteiger partial charge in [0.25, 0.3) is 0 Å². The van der Waals surface area contributed by atoms with Crippen LogP contribution in [0.4, 0.5) is 13.2 Å². The molecule has 0 rings (SSSR count). The van der Waals surface area contributed by atoms with Crippen molar-refractivity contribution in [2.24, 2.45) is 0 Å². The number of nitrogens with zero attached hydrogens (tertiary/aromatic N) is 1. The van der Waals surface area contributed by atoms with Gasteiger partial charge in [-0.1, -0.05) is 13.3 Å². The molecule has 2 nitrogen and oxygen atoms in total. The van der Waals surface area contributed by atoms with E-state index in [2.05, 4.69) is 0 Å². The summed E-state index contributed by atoms with van der Waals surface area (Å²) in [4.78, 5) is 11.6. The summed E-state index contributed by atoms with van der Waals surface area (Å²) in [6, 6.07) is 0. The van der Waals surface area contributed by atoms with Crippen LogP contribution in [0.5, 0.6) is 0 Å². The van der Waals surface area contributed by atoms with Gasteiger partial charge in [0, 0.05) is 13.5 Å². The van der Waals surface area contributed by atoms with Crippen molar-refractivity contribution in [1.82, 2.24) is 4.90 Å². The lowest BCUT2D eigenvalue weighted by molar-refractivity contribution is -0.160. The molecule has 0 aromatic rings. The van der Waals surface area contributed by atoms with E-state index in [1.807, 2.05) is 6.92 Å².